The Morgan fingerprint density at radius 3 is 2.00 bits per heavy atom. The van der Waals surface area contributed by atoms with E-state index in [2.05, 4.69) is 45.2 Å². The maximum absolute atomic E-state index is 3.31. The average Bonchev–Trinajstić information content (AvgIpc) is 2.15. The molecule has 1 N–H and O–H groups in total. The first-order valence-electron chi connectivity index (χ1n) is 5.30. The SMILES string of the molecule is CC.CC/C=C\C(NCC)=C(C)C. The molecule has 1 heteroatoms. The molecule has 0 saturated carbocycles. The number of rotatable bonds is 4. The van der Waals surface area contributed by atoms with Crippen molar-refractivity contribution in [2.24, 2.45) is 0 Å². The zero-order valence-corrected chi connectivity index (χ0v) is 10.1. The van der Waals surface area contributed by atoms with Gasteiger partial charge >= 0.3 is 0 Å². The van der Waals surface area contributed by atoms with E-state index in [1.165, 1.54) is 11.3 Å². The Morgan fingerprint density at radius 2 is 1.69 bits per heavy atom. The second-order valence-corrected chi connectivity index (χ2v) is 2.75. The Bertz CT molecular complexity index is 151. The van der Waals surface area contributed by atoms with Crippen LogP contribution in [-0.4, -0.2) is 6.54 Å². The van der Waals surface area contributed by atoms with Gasteiger partial charge in [0.25, 0.3) is 0 Å². The Kier molecular flexibility index (Phi) is 12.8. The van der Waals surface area contributed by atoms with Crippen molar-refractivity contribution in [1.29, 1.82) is 0 Å². The lowest BCUT2D eigenvalue weighted by atomic mass is 10.2. The first-order valence-corrected chi connectivity index (χ1v) is 5.30. The van der Waals surface area contributed by atoms with E-state index < -0.39 is 0 Å². The third-order valence-electron chi connectivity index (χ3n) is 1.43. The summed E-state index contributed by atoms with van der Waals surface area (Å²) in [5.74, 6) is 0. The Balaban J connectivity index is 0. The van der Waals surface area contributed by atoms with Gasteiger partial charge in [0.05, 0.1) is 0 Å². The van der Waals surface area contributed by atoms with Crippen LogP contribution in [0.5, 0.6) is 0 Å². The molecule has 0 atom stereocenters. The highest BCUT2D eigenvalue weighted by molar-refractivity contribution is 5.21. The van der Waals surface area contributed by atoms with Gasteiger partial charge in [-0.05, 0) is 33.3 Å². The van der Waals surface area contributed by atoms with Crippen LogP contribution in [-0.2, 0) is 0 Å². The van der Waals surface area contributed by atoms with Crippen LogP contribution in [0.4, 0.5) is 0 Å². The number of nitrogens with one attached hydrogen (secondary N) is 1. The zero-order chi connectivity index (χ0) is 10.7. The van der Waals surface area contributed by atoms with Crippen molar-refractivity contribution < 1.29 is 0 Å². The number of hydrogen-bond acceptors (Lipinski definition) is 1. The predicted molar refractivity (Wildman–Crippen MR) is 62.8 cm³/mol. The smallest absolute Gasteiger partial charge is 0.0323 e. The van der Waals surface area contributed by atoms with E-state index in [4.69, 9.17) is 0 Å². The third-order valence-corrected chi connectivity index (χ3v) is 1.43. The number of likely N-dealkylation sites (N-methyl/N-ethyl adjacent to an activating group) is 1. The van der Waals surface area contributed by atoms with Gasteiger partial charge in [0.2, 0.25) is 0 Å². The zero-order valence-electron chi connectivity index (χ0n) is 10.1. The van der Waals surface area contributed by atoms with E-state index in [-0.39, 0.29) is 0 Å². The minimum atomic E-state index is 0.995. The molecule has 0 aromatic heterocycles. The molecule has 0 heterocycles. The molecule has 0 aliphatic carbocycles. The molecule has 0 saturated heterocycles. The molecular formula is C12H25N. The van der Waals surface area contributed by atoms with Crippen LogP contribution in [0.2, 0.25) is 0 Å². The quantitative estimate of drug-likeness (QED) is 0.652. The van der Waals surface area contributed by atoms with Gasteiger partial charge in [-0.25, -0.2) is 0 Å². The molecule has 1 nitrogen and oxygen atoms in total. The molecule has 0 spiro atoms. The lowest BCUT2D eigenvalue weighted by Gasteiger charge is -2.05. The summed E-state index contributed by atoms with van der Waals surface area (Å²) in [6.45, 7) is 13.5. The van der Waals surface area contributed by atoms with Gasteiger partial charge in [-0.2, -0.15) is 0 Å². The van der Waals surface area contributed by atoms with Gasteiger partial charge in [0, 0.05) is 12.2 Å². The van der Waals surface area contributed by atoms with E-state index in [1.807, 2.05) is 13.8 Å². The molecule has 0 unspecified atom stereocenters. The van der Waals surface area contributed by atoms with Crippen molar-refractivity contribution >= 4 is 0 Å². The molecule has 0 aromatic rings. The average molecular weight is 183 g/mol. The summed E-state index contributed by atoms with van der Waals surface area (Å²) in [4.78, 5) is 0. The van der Waals surface area contributed by atoms with E-state index in [9.17, 15) is 0 Å². The molecule has 0 amide bonds. The second-order valence-electron chi connectivity index (χ2n) is 2.75. The molecule has 0 rings (SSSR count). The van der Waals surface area contributed by atoms with Crippen LogP contribution >= 0.6 is 0 Å². The summed E-state index contributed by atoms with van der Waals surface area (Å²) in [6.07, 6.45) is 5.42. The number of allylic oxidation sites excluding steroid dienone is 3. The fourth-order valence-corrected chi connectivity index (χ4v) is 0.829. The molecular weight excluding hydrogens is 158 g/mol. The normalized spacial score (nSPS) is 9.08. The molecule has 0 aliphatic heterocycles. The van der Waals surface area contributed by atoms with Crippen LogP contribution in [0.1, 0.15) is 48.0 Å². The van der Waals surface area contributed by atoms with Crippen LogP contribution < -0.4 is 5.32 Å². The topological polar surface area (TPSA) is 12.0 Å². The molecule has 0 fully saturated rings. The Hall–Kier alpha value is -0.720. The van der Waals surface area contributed by atoms with Crippen molar-refractivity contribution in [3.05, 3.63) is 23.4 Å². The largest absolute Gasteiger partial charge is 0.385 e. The van der Waals surface area contributed by atoms with Gasteiger partial charge < -0.3 is 5.32 Å². The number of hydrogen-bond donors (Lipinski definition) is 1. The monoisotopic (exact) mass is 183 g/mol. The van der Waals surface area contributed by atoms with E-state index >= 15 is 0 Å². The highest BCUT2D eigenvalue weighted by Gasteiger charge is 1.89. The molecule has 13 heavy (non-hydrogen) atoms. The van der Waals surface area contributed by atoms with Crippen molar-refractivity contribution in [2.75, 3.05) is 6.54 Å². The molecule has 78 valence electrons. The van der Waals surface area contributed by atoms with Crippen LogP contribution in [0.3, 0.4) is 0 Å². The predicted octanol–water partition coefficient (Wildman–Crippen LogP) is 3.88. The highest BCUT2D eigenvalue weighted by atomic mass is 14.9. The van der Waals surface area contributed by atoms with Crippen molar-refractivity contribution in [3.63, 3.8) is 0 Å². The highest BCUT2D eigenvalue weighted by Crippen LogP contribution is 2.01. The summed E-state index contributed by atoms with van der Waals surface area (Å²) >= 11 is 0. The van der Waals surface area contributed by atoms with E-state index in [0.29, 0.717) is 0 Å². The van der Waals surface area contributed by atoms with Crippen LogP contribution in [0, 0.1) is 0 Å². The first kappa shape index (κ1) is 14.8. The van der Waals surface area contributed by atoms with Crippen LogP contribution in [0.25, 0.3) is 0 Å². The standard InChI is InChI=1S/C10H19N.C2H6/c1-5-7-8-10(9(3)4)11-6-2;1-2/h7-8,11H,5-6H2,1-4H3;1-2H3/b8-7-;. The first-order chi connectivity index (χ1) is 6.22. The second kappa shape index (κ2) is 11.3. The van der Waals surface area contributed by atoms with Crippen molar-refractivity contribution in [3.8, 4) is 0 Å². The van der Waals surface area contributed by atoms with Gasteiger partial charge in [0.1, 0.15) is 0 Å². The Morgan fingerprint density at radius 1 is 1.15 bits per heavy atom. The molecule has 0 radical (unpaired) electrons. The lowest BCUT2D eigenvalue weighted by molar-refractivity contribution is 0.862. The van der Waals surface area contributed by atoms with Gasteiger partial charge in [0.15, 0.2) is 0 Å². The summed E-state index contributed by atoms with van der Waals surface area (Å²) < 4.78 is 0. The van der Waals surface area contributed by atoms with Crippen molar-refractivity contribution in [2.45, 2.75) is 48.0 Å². The van der Waals surface area contributed by atoms with Crippen molar-refractivity contribution in [1.82, 2.24) is 5.32 Å². The lowest BCUT2D eigenvalue weighted by Crippen LogP contribution is -2.11. The van der Waals surface area contributed by atoms with Gasteiger partial charge in [-0.1, -0.05) is 32.4 Å². The summed E-state index contributed by atoms with van der Waals surface area (Å²) in [6, 6.07) is 0. The summed E-state index contributed by atoms with van der Waals surface area (Å²) in [7, 11) is 0. The van der Waals surface area contributed by atoms with Gasteiger partial charge in [-0.3, -0.25) is 0 Å². The maximum atomic E-state index is 3.31. The fraction of sp³-hybridized carbons (Fsp3) is 0.667. The molecule has 0 bridgehead atoms. The molecule has 0 aromatic carbocycles. The van der Waals surface area contributed by atoms with Gasteiger partial charge in [-0.15, -0.1) is 0 Å². The third kappa shape index (κ3) is 9.19. The summed E-state index contributed by atoms with van der Waals surface area (Å²) in [5.41, 5.74) is 2.60. The fourth-order valence-electron chi connectivity index (χ4n) is 0.829. The molecule has 0 aliphatic rings. The minimum Gasteiger partial charge on any atom is -0.385 e. The van der Waals surface area contributed by atoms with E-state index in [0.717, 1.165) is 13.0 Å². The minimum absolute atomic E-state index is 0.995. The van der Waals surface area contributed by atoms with Crippen LogP contribution in [0.15, 0.2) is 23.4 Å². The maximum Gasteiger partial charge on any atom is 0.0323 e. The van der Waals surface area contributed by atoms with E-state index in [1.54, 1.807) is 0 Å². The Labute approximate surface area is 83.9 Å². The summed E-state index contributed by atoms with van der Waals surface area (Å²) in [5, 5.41) is 3.31.